The fourth-order valence-electron chi connectivity index (χ4n) is 1.89. The predicted octanol–water partition coefficient (Wildman–Crippen LogP) is 0.605. The van der Waals surface area contributed by atoms with Gasteiger partial charge in [-0.1, -0.05) is 0 Å². The molecule has 1 amide bonds. The Kier molecular flexibility index (Phi) is 2.28. The fraction of sp³-hybridized carbons (Fsp3) is 0.900. The number of hydrogen-bond acceptors (Lipinski definition) is 2. The van der Waals surface area contributed by atoms with E-state index >= 15 is 0 Å². The number of rotatable bonds is 1. The first-order valence-electron chi connectivity index (χ1n) is 5.22. The van der Waals surface area contributed by atoms with Gasteiger partial charge in [-0.15, -0.1) is 0 Å². The monoisotopic (exact) mass is 182 g/mol. The Bertz CT molecular complexity index is 213. The van der Waals surface area contributed by atoms with E-state index in [0.29, 0.717) is 23.9 Å². The highest BCUT2D eigenvalue weighted by Gasteiger charge is 2.36. The number of nitrogens with one attached hydrogen (secondary N) is 1. The van der Waals surface area contributed by atoms with Gasteiger partial charge in [0, 0.05) is 31.1 Å². The molecule has 1 aliphatic heterocycles. The number of carbonyl (C=O) groups excluding carboxylic acids is 1. The van der Waals surface area contributed by atoms with Gasteiger partial charge >= 0.3 is 0 Å². The molecule has 2 atom stereocenters. The smallest absolute Gasteiger partial charge is 0.226 e. The molecule has 2 unspecified atom stereocenters. The molecule has 1 heterocycles. The van der Waals surface area contributed by atoms with Crippen LogP contribution in [0.2, 0.25) is 0 Å². The number of amides is 1. The Hall–Kier alpha value is -0.570. The standard InChI is InChI=1S/C10H18N2O/c1-7-6-12(8(2)5-11-7)10(13)9-3-4-9/h7-9,11H,3-6H2,1-2H3. The largest absolute Gasteiger partial charge is 0.337 e. The molecular weight excluding hydrogens is 164 g/mol. The van der Waals surface area contributed by atoms with Gasteiger partial charge in [-0.2, -0.15) is 0 Å². The number of carbonyl (C=O) groups is 1. The van der Waals surface area contributed by atoms with Crippen LogP contribution in [0.1, 0.15) is 26.7 Å². The van der Waals surface area contributed by atoms with Crippen molar-refractivity contribution in [1.29, 1.82) is 0 Å². The summed E-state index contributed by atoms with van der Waals surface area (Å²) >= 11 is 0. The van der Waals surface area contributed by atoms with Gasteiger partial charge in [0.15, 0.2) is 0 Å². The Morgan fingerprint density at radius 1 is 1.38 bits per heavy atom. The SMILES string of the molecule is CC1CN(C(=O)C2CC2)C(C)CN1. The molecule has 3 nitrogen and oxygen atoms in total. The summed E-state index contributed by atoms with van der Waals surface area (Å²) in [5, 5.41) is 3.38. The van der Waals surface area contributed by atoms with Crippen LogP contribution in [0, 0.1) is 5.92 Å². The van der Waals surface area contributed by atoms with Crippen molar-refractivity contribution in [3.8, 4) is 0 Å². The minimum absolute atomic E-state index is 0.368. The van der Waals surface area contributed by atoms with Crippen LogP contribution < -0.4 is 5.32 Å². The molecule has 1 N–H and O–H groups in total. The molecule has 0 spiro atoms. The molecule has 0 bridgehead atoms. The van der Waals surface area contributed by atoms with Gasteiger partial charge < -0.3 is 10.2 Å². The average molecular weight is 182 g/mol. The molecule has 2 rings (SSSR count). The molecule has 0 aromatic heterocycles. The first-order valence-corrected chi connectivity index (χ1v) is 5.22. The number of hydrogen-bond donors (Lipinski definition) is 1. The summed E-state index contributed by atoms with van der Waals surface area (Å²) in [6, 6.07) is 0.836. The second kappa shape index (κ2) is 3.29. The minimum atomic E-state index is 0.368. The molecule has 13 heavy (non-hydrogen) atoms. The summed E-state index contributed by atoms with van der Waals surface area (Å²) in [6.07, 6.45) is 2.23. The van der Waals surface area contributed by atoms with Crippen LogP contribution in [0.4, 0.5) is 0 Å². The van der Waals surface area contributed by atoms with Crippen LogP contribution in [0.3, 0.4) is 0 Å². The molecule has 74 valence electrons. The molecule has 0 aromatic rings. The summed E-state index contributed by atoms with van der Waals surface area (Å²) in [6.45, 7) is 6.09. The Morgan fingerprint density at radius 3 is 2.69 bits per heavy atom. The first kappa shape index (κ1) is 9.00. The lowest BCUT2D eigenvalue weighted by Gasteiger charge is -2.37. The van der Waals surface area contributed by atoms with Crippen molar-refractivity contribution < 1.29 is 4.79 Å². The third-order valence-corrected chi connectivity index (χ3v) is 2.97. The van der Waals surface area contributed by atoms with E-state index in [-0.39, 0.29) is 0 Å². The predicted molar refractivity (Wildman–Crippen MR) is 51.4 cm³/mol. The summed E-state index contributed by atoms with van der Waals surface area (Å²) in [5.74, 6) is 0.758. The van der Waals surface area contributed by atoms with E-state index in [0.717, 1.165) is 25.9 Å². The third-order valence-electron chi connectivity index (χ3n) is 2.97. The summed E-state index contributed by atoms with van der Waals surface area (Å²) in [7, 11) is 0. The summed E-state index contributed by atoms with van der Waals surface area (Å²) in [5.41, 5.74) is 0. The van der Waals surface area contributed by atoms with Gasteiger partial charge in [0.25, 0.3) is 0 Å². The molecule has 1 saturated carbocycles. The second-order valence-electron chi connectivity index (χ2n) is 4.42. The van der Waals surface area contributed by atoms with Crippen LogP contribution in [0.5, 0.6) is 0 Å². The van der Waals surface area contributed by atoms with Crippen molar-refractivity contribution in [1.82, 2.24) is 10.2 Å². The van der Waals surface area contributed by atoms with E-state index in [1.54, 1.807) is 0 Å². The molecule has 1 aliphatic carbocycles. The highest BCUT2D eigenvalue weighted by atomic mass is 16.2. The van der Waals surface area contributed by atoms with Gasteiger partial charge in [0.05, 0.1) is 0 Å². The summed E-state index contributed by atoms with van der Waals surface area (Å²) in [4.78, 5) is 13.9. The highest BCUT2D eigenvalue weighted by molar-refractivity contribution is 5.81. The summed E-state index contributed by atoms with van der Waals surface area (Å²) < 4.78 is 0. The molecular formula is C10H18N2O. The second-order valence-corrected chi connectivity index (χ2v) is 4.42. The molecule has 2 fully saturated rings. The van der Waals surface area contributed by atoms with E-state index in [9.17, 15) is 4.79 Å². The van der Waals surface area contributed by atoms with Crippen LogP contribution in [0.25, 0.3) is 0 Å². The van der Waals surface area contributed by atoms with Crippen molar-refractivity contribution in [2.45, 2.75) is 38.8 Å². The molecule has 3 heteroatoms. The Balaban J connectivity index is 1.97. The Labute approximate surface area is 79.5 Å². The first-order chi connectivity index (χ1) is 6.18. The van der Waals surface area contributed by atoms with E-state index in [4.69, 9.17) is 0 Å². The van der Waals surface area contributed by atoms with Crippen LogP contribution >= 0.6 is 0 Å². The maximum Gasteiger partial charge on any atom is 0.226 e. The quantitative estimate of drug-likeness (QED) is 0.644. The van der Waals surface area contributed by atoms with Crippen LogP contribution in [-0.2, 0) is 4.79 Å². The van der Waals surface area contributed by atoms with Gasteiger partial charge in [-0.25, -0.2) is 0 Å². The average Bonchev–Trinajstić information content (AvgIpc) is 2.91. The van der Waals surface area contributed by atoms with Crippen molar-refractivity contribution in [3.05, 3.63) is 0 Å². The van der Waals surface area contributed by atoms with E-state index < -0.39 is 0 Å². The highest BCUT2D eigenvalue weighted by Crippen LogP contribution is 2.32. The molecule has 0 radical (unpaired) electrons. The topological polar surface area (TPSA) is 32.3 Å². The Morgan fingerprint density at radius 2 is 2.08 bits per heavy atom. The molecule has 2 aliphatic rings. The normalized spacial score (nSPS) is 34.8. The van der Waals surface area contributed by atoms with Crippen LogP contribution in [0.15, 0.2) is 0 Å². The lowest BCUT2D eigenvalue weighted by atomic mass is 10.1. The lowest BCUT2D eigenvalue weighted by molar-refractivity contribution is -0.136. The lowest BCUT2D eigenvalue weighted by Crippen LogP contribution is -2.56. The van der Waals surface area contributed by atoms with Gasteiger partial charge in [0.1, 0.15) is 0 Å². The van der Waals surface area contributed by atoms with Gasteiger partial charge in [-0.05, 0) is 26.7 Å². The zero-order valence-corrected chi connectivity index (χ0v) is 8.42. The van der Waals surface area contributed by atoms with E-state index in [1.807, 2.05) is 0 Å². The van der Waals surface area contributed by atoms with Crippen molar-refractivity contribution in [2.24, 2.45) is 5.92 Å². The van der Waals surface area contributed by atoms with Gasteiger partial charge in [-0.3, -0.25) is 4.79 Å². The maximum absolute atomic E-state index is 11.8. The minimum Gasteiger partial charge on any atom is -0.337 e. The molecule has 1 saturated heterocycles. The molecule has 0 aromatic carbocycles. The van der Waals surface area contributed by atoms with Crippen molar-refractivity contribution in [2.75, 3.05) is 13.1 Å². The number of piperazine rings is 1. The fourth-order valence-corrected chi connectivity index (χ4v) is 1.89. The zero-order valence-electron chi connectivity index (χ0n) is 8.42. The van der Waals surface area contributed by atoms with E-state index in [1.165, 1.54) is 0 Å². The van der Waals surface area contributed by atoms with E-state index in [2.05, 4.69) is 24.1 Å². The zero-order chi connectivity index (χ0) is 9.42. The van der Waals surface area contributed by atoms with Crippen LogP contribution in [-0.4, -0.2) is 36.0 Å². The third kappa shape index (κ3) is 1.85. The van der Waals surface area contributed by atoms with Crippen molar-refractivity contribution in [3.63, 3.8) is 0 Å². The van der Waals surface area contributed by atoms with Crippen molar-refractivity contribution >= 4 is 5.91 Å². The van der Waals surface area contributed by atoms with Gasteiger partial charge in [0.2, 0.25) is 5.91 Å². The number of nitrogens with zero attached hydrogens (tertiary/aromatic N) is 1. The maximum atomic E-state index is 11.8.